The average molecular weight is 266 g/mol. The highest BCUT2D eigenvalue weighted by atomic mass is 79.9. The number of alkyl halides is 1. The monoisotopic (exact) mass is 265 g/mol. The van der Waals surface area contributed by atoms with Crippen LogP contribution >= 0.6 is 15.9 Å². The van der Waals surface area contributed by atoms with Gasteiger partial charge < -0.3 is 10.0 Å². The zero-order chi connectivity index (χ0) is 11.4. The minimum absolute atomic E-state index is 0.232. The van der Waals surface area contributed by atoms with Gasteiger partial charge in [0.05, 0.1) is 6.61 Å². The molecule has 2 atom stereocenters. The molecule has 86 valence electrons. The largest absolute Gasteiger partial charge is 0.395 e. The summed E-state index contributed by atoms with van der Waals surface area (Å²) in [6.07, 6.45) is 0. The molecule has 0 aromatic rings. The zero-order valence-corrected chi connectivity index (χ0v) is 11.6. The van der Waals surface area contributed by atoms with Crippen LogP contribution in [0.2, 0.25) is 0 Å². The van der Waals surface area contributed by atoms with Crippen molar-refractivity contribution in [1.29, 1.82) is 0 Å². The number of aliphatic hydroxyl groups excluding tert-OH is 1. The van der Waals surface area contributed by atoms with Gasteiger partial charge >= 0.3 is 0 Å². The smallest absolute Gasteiger partial charge is 0.0584 e. The molecule has 3 heteroatoms. The van der Waals surface area contributed by atoms with E-state index < -0.39 is 0 Å². The van der Waals surface area contributed by atoms with Crippen LogP contribution in [0.3, 0.4) is 0 Å². The molecule has 0 spiro atoms. The molecular formula is C11H24BrNO. The number of aliphatic hydroxyl groups is 1. The summed E-state index contributed by atoms with van der Waals surface area (Å²) in [5.74, 6) is 0.612. The van der Waals surface area contributed by atoms with Crippen LogP contribution < -0.4 is 0 Å². The fourth-order valence-corrected chi connectivity index (χ4v) is 2.40. The summed E-state index contributed by atoms with van der Waals surface area (Å²) in [5.41, 5.74) is 0.312. The van der Waals surface area contributed by atoms with Crippen LogP contribution in [0, 0.1) is 11.3 Å². The van der Waals surface area contributed by atoms with Crippen LogP contribution in [-0.2, 0) is 0 Å². The molecule has 1 N–H and O–H groups in total. The van der Waals surface area contributed by atoms with Crippen LogP contribution in [0.1, 0.15) is 27.7 Å². The van der Waals surface area contributed by atoms with Crippen LogP contribution in [0.5, 0.6) is 0 Å². The molecule has 0 aromatic carbocycles. The molecule has 0 aliphatic heterocycles. The molecule has 0 fully saturated rings. The van der Waals surface area contributed by atoms with Crippen molar-refractivity contribution in [2.24, 2.45) is 11.3 Å². The molecule has 0 aliphatic rings. The van der Waals surface area contributed by atoms with Crippen molar-refractivity contribution in [3.05, 3.63) is 0 Å². The maximum absolute atomic E-state index is 9.04. The minimum Gasteiger partial charge on any atom is -0.395 e. The first kappa shape index (κ1) is 14.4. The molecule has 14 heavy (non-hydrogen) atoms. The molecule has 0 saturated carbocycles. The van der Waals surface area contributed by atoms with E-state index in [0.29, 0.717) is 11.3 Å². The Kier molecular flexibility index (Phi) is 6.26. The van der Waals surface area contributed by atoms with Gasteiger partial charge in [-0.15, -0.1) is 0 Å². The van der Waals surface area contributed by atoms with Gasteiger partial charge in [0.2, 0.25) is 0 Å². The lowest BCUT2D eigenvalue weighted by atomic mass is 9.81. The van der Waals surface area contributed by atoms with Crippen molar-refractivity contribution in [3.8, 4) is 0 Å². The second-order valence-electron chi connectivity index (χ2n) is 5.19. The Morgan fingerprint density at radius 2 is 1.86 bits per heavy atom. The molecule has 2 unspecified atom stereocenters. The first-order chi connectivity index (χ1) is 6.32. The highest BCUT2D eigenvalue weighted by molar-refractivity contribution is 9.09. The van der Waals surface area contributed by atoms with Crippen LogP contribution in [-0.4, -0.2) is 41.6 Å². The summed E-state index contributed by atoms with van der Waals surface area (Å²) in [6.45, 7) is 10.1. The Morgan fingerprint density at radius 1 is 1.36 bits per heavy atom. The van der Waals surface area contributed by atoms with Crippen molar-refractivity contribution in [2.45, 2.75) is 33.7 Å². The molecule has 0 aromatic heterocycles. The fraction of sp³-hybridized carbons (Fsp3) is 1.00. The number of nitrogens with zero attached hydrogens (tertiary/aromatic N) is 1. The quantitative estimate of drug-likeness (QED) is 0.772. The highest BCUT2D eigenvalue weighted by Gasteiger charge is 2.25. The molecule has 0 saturated heterocycles. The molecule has 0 rings (SSSR count). The van der Waals surface area contributed by atoms with Crippen LogP contribution in [0.25, 0.3) is 0 Å². The lowest BCUT2D eigenvalue weighted by Gasteiger charge is -2.34. The van der Waals surface area contributed by atoms with Gasteiger partial charge in [-0.25, -0.2) is 0 Å². The van der Waals surface area contributed by atoms with Crippen molar-refractivity contribution in [2.75, 3.05) is 25.5 Å². The SMILES string of the molecule is CC(CO)N(C)CC(CBr)C(C)(C)C. The summed E-state index contributed by atoms with van der Waals surface area (Å²) >= 11 is 3.56. The molecule has 0 bridgehead atoms. The van der Waals surface area contributed by atoms with E-state index >= 15 is 0 Å². The maximum Gasteiger partial charge on any atom is 0.0584 e. The van der Waals surface area contributed by atoms with Gasteiger partial charge in [-0.3, -0.25) is 0 Å². The van der Waals surface area contributed by atoms with Crippen LogP contribution in [0.4, 0.5) is 0 Å². The number of hydrogen-bond acceptors (Lipinski definition) is 2. The summed E-state index contributed by atoms with van der Waals surface area (Å²) in [4.78, 5) is 2.22. The summed E-state index contributed by atoms with van der Waals surface area (Å²) < 4.78 is 0. The maximum atomic E-state index is 9.04. The van der Waals surface area contributed by atoms with Gasteiger partial charge in [-0.05, 0) is 25.3 Å². The van der Waals surface area contributed by atoms with Crippen LogP contribution in [0.15, 0.2) is 0 Å². The molecule has 0 amide bonds. The molecule has 2 nitrogen and oxygen atoms in total. The topological polar surface area (TPSA) is 23.5 Å². The van der Waals surface area contributed by atoms with Gasteiger partial charge in [-0.2, -0.15) is 0 Å². The Labute approximate surface area is 96.8 Å². The Hall–Kier alpha value is 0.400. The van der Waals surface area contributed by atoms with Crippen molar-refractivity contribution < 1.29 is 5.11 Å². The van der Waals surface area contributed by atoms with E-state index in [2.05, 4.69) is 48.6 Å². The van der Waals surface area contributed by atoms with E-state index in [0.717, 1.165) is 11.9 Å². The van der Waals surface area contributed by atoms with Gasteiger partial charge in [0.15, 0.2) is 0 Å². The Bertz CT molecular complexity index is 156. The van der Waals surface area contributed by atoms with E-state index in [1.165, 1.54) is 0 Å². The van der Waals surface area contributed by atoms with E-state index in [-0.39, 0.29) is 12.6 Å². The third-order valence-corrected chi connectivity index (χ3v) is 3.72. The van der Waals surface area contributed by atoms with Gasteiger partial charge in [0.1, 0.15) is 0 Å². The van der Waals surface area contributed by atoms with Gasteiger partial charge in [0, 0.05) is 17.9 Å². The predicted octanol–water partition coefficient (Wildman–Crippen LogP) is 2.36. The number of likely N-dealkylation sites (N-methyl/N-ethyl adjacent to an activating group) is 1. The lowest BCUT2D eigenvalue weighted by molar-refractivity contribution is 0.117. The van der Waals surface area contributed by atoms with E-state index in [1.54, 1.807) is 0 Å². The van der Waals surface area contributed by atoms with E-state index in [9.17, 15) is 0 Å². The number of hydrogen-bond donors (Lipinski definition) is 1. The first-order valence-corrected chi connectivity index (χ1v) is 6.32. The second kappa shape index (κ2) is 6.09. The highest BCUT2D eigenvalue weighted by Crippen LogP contribution is 2.28. The molecule has 0 radical (unpaired) electrons. The van der Waals surface area contributed by atoms with E-state index in [4.69, 9.17) is 5.11 Å². The standard InChI is InChI=1S/C11H24BrNO/c1-9(8-14)13(5)7-10(6-12)11(2,3)4/h9-10,14H,6-8H2,1-5H3. The van der Waals surface area contributed by atoms with Crippen molar-refractivity contribution in [3.63, 3.8) is 0 Å². The molecule has 0 aliphatic carbocycles. The lowest BCUT2D eigenvalue weighted by Crippen LogP contribution is -2.40. The van der Waals surface area contributed by atoms with Gasteiger partial charge in [0.25, 0.3) is 0 Å². The third kappa shape index (κ3) is 4.76. The first-order valence-electron chi connectivity index (χ1n) is 5.20. The summed E-state index contributed by atoms with van der Waals surface area (Å²) in [7, 11) is 2.07. The molecule has 0 heterocycles. The van der Waals surface area contributed by atoms with E-state index in [1.807, 2.05) is 6.92 Å². The summed E-state index contributed by atoms with van der Waals surface area (Å²) in [6, 6.07) is 0.249. The predicted molar refractivity (Wildman–Crippen MR) is 65.9 cm³/mol. The third-order valence-electron chi connectivity index (χ3n) is 2.94. The van der Waals surface area contributed by atoms with Crippen molar-refractivity contribution in [1.82, 2.24) is 4.90 Å². The fourth-order valence-electron chi connectivity index (χ4n) is 1.22. The average Bonchev–Trinajstić information content (AvgIpc) is 2.10. The number of halogens is 1. The molecular weight excluding hydrogens is 242 g/mol. The summed E-state index contributed by atoms with van der Waals surface area (Å²) in [5, 5.41) is 10.1. The Morgan fingerprint density at radius 3 is 2.14 bits per heavy atom. The number of rotatable bonds is 5. The second-order valence-corrected chi connectivity index (χ2v) is 5.84. The minimum atomic E-state index is 0.232. The van der Waals surface area contributed by atoms with Crippen molar-refractivity contribution >= 4 is 15.9 Å². The van der Waals surface area contributed by atoms with Gasteiger partial charge in [-0.1, -0.05) is 36.7 Å². The zero-order valence-electron chi connectivity index (χ0n) is 10.0. The normalized spacial score (nSPS) is 17.1. The Balaban J connectivity index is 4.19.